The first-order chi connectivity index (χ1) is 7.22. The van der Waals surface area contributed by atoms with Crippen molar-refractivity contribution >= 4 is 5.82 Å². The SMILES string of the molecule is Cc1cn(-c2ccccc2C#N)nc1N. The van der Waals surface area contributed by atoms with Crippen molar-refractivity contribution in [2.24, 2.45) is 0 Å². The number of para-hydroxylation sites is 1. The number of hydrogen-bond donors (Lipinski definition) is 1. The zero-order valence-corrected chi connectivity index (χ0v) is 8.31. The van der Waals surface area contributed by atoms with E-state index < -0.39 is 0 Å². The van der Waals surface area contributed by atoms with Crippen molar-refractivity contribution in [3.8, 4) is 11.8 Å². The van der Waals surface area contributed by atoms with Gasteiger partial charge in [-0.1, -0.05) is 12.1 Å². The van der Waals surface area contributed by atoms with Crippen LogP contribution >= 0.6 is 0 Å². The molecule has 0 radical (unpaired) electrons. The minimum Gasteiger partial charge on any atom is -0.382 e. The minimum atomic E-state index is 0.489. The second-order valence-electron chi connectivity index (χ2n) is 3.27. The maximum Gasteiger partial charge on any atom is 0.148 e. The number of benzene rings is 1. The average Bonchev–Trinajstić information content (AvgIpc) is 2.59. The first-order valence-electron chi connectivity index (χ1n) is 4.53. The lowest BCUT2D eigenvalue weighted by Gasteiger charge is -2.02. The van der Waals surface area contributed by atoms with Crippen molar-refractivity contribution in [3.05, 3.63) is 41.6 Å². The monoisotopic (exact) mass is 198 g/mol. The Morgan fingerprint density at radius 1 is 1.40 bits per heavy atom. The molecule has 1 aromatic carbocycles. The summed E-state index contributed by atoms with van der Waals surface area (Å²) in [5.74, 6) is 0.489. The molecule has 0 aliphatic carbocycles. The van der Waals surface area contributed by atoms with E-state index in [2.05, 4.69) is 11.2 Å². The standard InChI is InChI=1S/C11H10N4/c1-8-7-15(14-11(8)13)10-5-3-2-4-9(10)6-12/h2-5,7H,1H3,(H2,13,14). The average molecular weight is 198 g/mol. The zero-order chi connectivity index (χ0) is 10.8. The van der Waals surface area contributed by atoms with Gasteiger partial charge in [-0.3, -0.25) is 0 Å². The molecule has 0 aliphatic heterocycles. The van der Waals surface area contributed by atoms with E-state index in [1.807, 2.05) is 31.3 Å². The number of nitrogens with two attached hydrogens (primary N) is 1. The largest absolute Gasteiger partial charge is 0.382 e. The van der Waals surface area contributed by atoms with Crippen LogP contribution in [0.5, 0.6) is 0 Å². The van der Waals surface area contributed by atoms with E-state index in [4.69, 9.17) is 11.0 Å². The molecule has 0 saturated carbocycles. The van der Waals surface area contributed by atoms with E-state index in [9.17, 15) is 0 Å². The molecule has 1 aromatic heterocycles. The van der Waals surface area contributed by atoms with Gasteiger partial charge in [0.2, 0.25) is 0 Å². The fourth-order valence-electron chi connectivity index (χ4n) is 1.36. The highest BCUT2D eigenvalue weighted by atomic mass is 15.3. The molecule has 0 bridgehead atoms. The molecule has 4 nitrogen and oxygen atoms in total. The third kappa shape index (κ3) is 1.55. The molecule has 2 N–H and O–H groups in total. The number of aromatic nitrogens is 2. The summed E-state index contributed by atoms with van der Waals surface area (Å²) in [6.07, 6.45) is 1.81. The highest BCUT2D eigenvalue weighted by molar-refractivity contribution is 5.50. The third-order valence-corrected chi connectivity index (χ3v) is 2.21. The van der Waals surface area contributed by atoms with Gasteiger partial charge in [-0.2, -0.15) is 10.4 Å². The van der Waals surface area contributed by atoms with Crippen molar-refractivity contribution in [3.63, 3.8) is 0 Å². The minimum absolute atomic E-state index is 0.489. The van der Waals surface area contributed by atoms with E-state index in [-0.39, 0.29) is 0 Å². The van der Waals surface area contributed by atoms with Gasteiger partial charge in [-0.15, -0.1) is 0 Å². The molecular formula is C11H10N4. The van der Waals surface area contributed by atoms with Crippen LogP contribution in [-0.2, 0) is 0 Å². The Balaban J connectivity index is 2.59. The normalized spacial score (nSPS) is 9.87. The molecule has 74 valence electrons. The van der Waals surface area contributed by atoms with E-state index in [0.717, 1.165) is 11.3 Å². The van der Waals surface area contributed by atoms with Gasteiger partial charge in [0.1, 0.15) is 11.9 Å². The number of anilines is 1. The summed E-state index contributed by atoms with van der Waals surface area (Å²) in [6.45, 7) is 1.88. The second kappa shape index (κ2) is 3.46. The highest BCUT2D eigenvalue weighted by Gasteiger charge is 2.06. The number of rotatable bonds is 1. The lowest BCUT2D eigenvalue weighted by Crippen LogP contribution is -1.98. The fraction of sp³-hybridized carbons (Fsp3) is 0.0909. The summed E-state index contributed by atoms with van der Waals surface area (Å²) in [5, 5.41) is 13.1. The second-order valence-corrected chi connectivity index (χ2v) is 3.27. The van der Waals surface area contributed by atoms with Crippen LogP contribution < -0.4 is 5.73 Å². The van der Waals surface area contributed by atoms with Gasteiger partial charge in [-0.05, 0) is 19.1 Å². The number of aryl methyl sites for hydroxylation is 1. The molecule has 0 spiro atoms. The summed E-state index contributed by atoms with van der Waals surface area (Å²) in [7, 11) is 0. The Hall–Kier alpha value is -2.28. The van der Waals surface area contributed by atoms with Crippen molar-refractivity contribution < 1.29 is 0 Å². The Labute approximate surface area is 87.6 Å². The summed E-state index contributed by atoms with van der Waals surface area (Å²) in [4.78, 5) is 0. The summed E-state index contributed by atoms with van der Waals surface area (Å²) >= 11 is 0. The van der Waals surface area contributed by atoms with Crippen LogP contribution in [0.3, 0.4) is 0 Å². The maximum absolute atomic E-state index is 8.93. The number of nitriles is 1. The van der Waals surface area contributed by atoms with Crippen molar-refractivity contribution in [2.45, 2.75) is 6.92 Å². The fourth-order valence-corrected chi connectivity index (χ4v) is 1.36. The molecule has 0 atom stereocenters. The van der Waals surface area contributed by atoms with Crippen LogP contribution in [0.4, 0.5) is 5.82 Å². The Kier molecular flexibility index (Phi) is 2.14. The van der Waals surface area contributed by atoms with E-state index in [0.29, 0.717) is 11.4 Å². The van der Waals surface area contributed by atoms with E-state index in [1.54, 1.807) is 10.7 Å². The van der Waals surface area contributed by atoms with E-state index in [1.165, 1.54) is 0 Å². The molecule has 15 heavy (non-hydrogen) atoms. The lowest BCUT2D eigenvalue weighted by atomic mass is 10.2. The number of hydrogen-bond acceptors (Lipinski definition) is 3. The van der Waals surface area contributed by atoms with Crippen LogP contribution in [0.25, 0.3) is 5.69 Å². The summed E-state index contributed by atoms with van der Waals surface area (Å²) in [6, 6.07) is 9.40. The Bertz CT molecular complexity index is 514. The number of nitrogen functional groups attached to an aromatic ring is 1. The van der Waals surface area contributed by atoms with Gasteiger partial charge in [0.05, 0.1) is 11.3 Å². The van der Waals surface area contributed by atoms with Crippen molar-refractivity contribution in [1.82, 2.24) is 9.78 Å². The molecule has 4 heteroatoms. The molecule has 0 unspecified atom stereocenters. The molecule has 0 amide bonds. The summed E-state index contributed by atoms with van der Waals surface area (Å²) in [5.41, 5.74) is 7.89. The van der Waals surface area contributed by atoms with Gasteiger partial charge in [-0.25, -0.2) is 4.68 Å². The third-order valence-electron chi connectivity index (χ3n) is 2.21. The van der Waals surface area contributed by atoms with Crippen LogP contribution in [0.1, 0.15) is 11.1 Å². The number of nitrogens with zero attached hydrogens (tertiary/aromatic N) is 3. The zero-order valence-electron chi connectivity index (χ0n) is 8.31. The molecular weight excluding hydrogens is 188 g/mol. The first kappa shape index (κ1) is 9.28. The van der Waals surface area contributed by atoms with Crippen LogP contribution in [0.15, 0.2) is 30.5 Å². The predicted octanol–water partition coefficient (Wildman–Crippen LogP) is 1.63. The van der Waals surface area contributed by atoms with Crippen molar-refractivity contribution in [2.75, 3.05) is 5.73 Å². The lowest BCUT2D eigenvalue weighted by molar-refractivity contribution is 0.882. The summed E-state index contributed by atoms with van der Waals surface area (Å²) < 4.78 is 1.63. The molecule has 2 rings (SSSR count). The van der Waals surface area contributed by atoms with Crippen molar-refractivity contribution in [1.29, 1.82) is 5.26 Å². The van der Waals surface area contributed by atoms with Gasteiger partial charge >= 0.3 is 0 Å². The molecule has 0 aliphatic rings. The Morgan fingerprint density at radius 3 is 2.73 bits per heavy atom. The Morgan fingerprint density at radius 2 is 2.13 bits per heavy atom. The maximum atomic E-state index is 8.93. The van der Waals surface area contributed by atoms with Crippen LogP contribution in [0.2, 0.25) is 0 Å². The van der Waals surface area contributed by atoms with Crippen LogP contribution in [-0.4, -0.2) is 9.78 Å². The quantitative estimate of drug-likeness (QED) is 0.757. The molecule has 1 heterocycles. The van der Waals surface area contributed by atoms with Gasteiger partial charge in [0, 0.05) is 11.8 Å². The van der Waals surface area contributed by atoms with Crippen LogP contribution in [0, 0.1) is 18.3 Å². The van der Waals surface area contributed by atoms with E-state index >= 15 is 0 Å². The smallest absolute Gasteiger partial charge is 0.148 e. The first-order valence-corrected chi connectivity index (χ1v) is 4.53. The topological polar surface area (TPSA) is 67.6 Å². The molecule has 0 fully saturated rings. The van der Waals surface area contributed by atoms with Gasteiger partial charge < -0.3 is 5.73 Å². The molecule has 0 saturated heterocycles. The molecule has 2 aromatic rings. The van der Waals surface area contributed by atoms with Gasteiger partial charge in [0.25, 0.3) is 0 Å². The predicted molar refractivity (Wildman–Crippen MR) is 57.4 cm³/mol. The van der Waals surface area contributed by atoms with Gasteiger partial charge in [0.15, 0.2) is 0 Å². The highest BCUT2D eigenvalue weighted by Crippen LogP contribution is 2.16.